The van der Waals surface area contributed by atoms with Gasteiger partial charge in [-0.25, -0.2) is 0 Å². The maximum Gasteiger partial charge on any atom is 0.417 e. The zero-order chi connectivity index (χ0) is 25.6. The van der Waals surface area contributed by atoms with Crippen LogP contribution >= 0.6 is 0 Å². The van der Waals surface area contributed by atoms with E-state index in [9.17, 15) is 23.1 Å². The molecule has 0 radical (unpaired) electrons. The molecule has 2 aliphatic heterocycles. The molecule has 190 valence electrons. The van der Waals surface area contributed by atoms with Crippen molar-refractivity contribution in [2.45, 2.75) is 43.7 Å². The van der Waals surface area contributed by atoms with E-state index in [2.05, 4.69) is 0 Å². The lowest BCUT2D eigenvalue weighted by Crippen LogP contribution is -2.49. The van der Waals surface area contributed by atoms with Gasteiger partial charge in [-0.1, -0.05) is 43.2 Å². The minimum absolute atomic E-state index is 0.0561. The van der Waals surface area contributed by atoms with Gasteiger partial charge in [0.2, 0.25) is 5.91 Å². The van der Waals surface area contributed by atoms with E-state index in [0.29, 0.717) is 38.3 Å². The summed E-state index contributed by atoms with van der Waals surface area (Å²) in [6, 6.07) is 15.4. The third-order valence-electron chi connectivity index (χ3n) is 8.72. The first-order valence-corrected chi connectivity index (χ1v) is 12.5. The number of nitrogens with zero attached hydrogens (tertiary/aromatic N) is 3. The lowest BCUT2D eigenvalue weighted by Gasteiger charge is -2.43. The van der Waals surface area contributed by atoms with Crippen molar-refractivity contribution < 1.29 is 23.1 Å². The van der Waals surface area contributed by atoms with Crippen LogP contribution in [0.25, 0.3) is 0 Å². The van der Waals surface area contributed by atoms with Crippen molar-refractivity contribution in [1.29, 1.82) is 5.26 Å². The molecule has 3 aliphatic rings. The number of likely N-dealkylation sites (tertiary alicyclic amines) is 1. The van der Waals surface area contributed by atoms with Gasteiger partial charge in [-0.2, -0.15) is 18.4 Å². The second-order valence-corrected chi connectivity index (χ2v) is 10.6. The molecule has 0 bridgehead atoms. The second-order valence-electron chi connectivity index (χ2n) is 10.6. The van der Waals surface area contributed by atoms with Crippen LogP contribution in [0.1, 0.15) is 48.8 Å². The molecule has 2 saturated heterocycles. The van der Waals surface area contributed by atoms with Gasteiger partial charge in [-0.05, 0) is 43.0 Å². The minimum atomic E-state index is -4.62. The molecule has 2 aromatic rings. The number of nitriles is 1. The van der Waals surface area contributed by atoms with E-state index in [-0.39, 0.29) is 18.4 Å². The largest absolute Gasteiger partial charge is 0.417 e. The number of piperidine rings is 1. The first kappa shape index (κ1) is 24.6. The highest BCUT2D eigenvalue weighted by Crippen LogP contribution is 2.48. The number of anilines is 1. The summed E-state index contributed by atoms with van der Waals surface area (Å²) < 4.78 is 40.6. The van der Waals surface area contributed by atoms with E-state index >= 15 is 0 Å². The molecular formula is C28H30F3N3O2. The molecule has 8 heteroatoms. The Labute approximate surface area is 209 Å². The molecule has 1 saturated carbocycles. The maximum atomic E-state index is 14.0. The van der Waals surface area contributed by atoms with E-state index < -0.39 is 28.1 Å². The predicted octanol–water partition coefficient (Wildman–Crippen LogP) is 4.74. The first-order valence-electron chi connectivity index (χ1n) is 12.5. The molecule has 2 heterocycles. The number of fused-ring (bicyclic) bond motifs is 1. The summed E-state index contributed by atoms with van der Waals surface area (Å²) in [6.07, 6.45) is -0.428. The molecule has 2 atom stereocenters. The van der Waals surface area contributed by atoms with Crippen LogP contribution in [0, 0.1) is 22.7 Å². The van der Waals surface area contributed by atoms with Crippen molar-refractivity contribution in [3.63, 3.8) is 0 Å². The van der Waals surface area contributed by atoms with E-state index in [1.54, 1.807) is 12.1 Å². The van der Waals surface area contributed by atoms with E-state index in [1.807, 2.05) is 40.1 Å². The summed E-state index contributed by atoms with van der Waals surface area (Å²) in [5.74, 6) is 0.0529. The summed E-state index contributed by atoms with van der Waals surface area (Å²) in [6.45, 7) is 1.82. The molecule has 0 spiro atoms. The molecule has 5 rings (SSSR count). The quantitative estimate of drug-likeness (QED) is 0.663. The zero-order valence-corrected chi connectivity index (χ0v) is 20.1. The lowest BCUT2D eigenvalue weighted by molar-refractivity contribution is -0.138. The summed E-state index contributed by atoms with van der Waals surface area (Å²) in [7, 11) is 0. The fourth-order valence-corrected chi connectivity index (χ4v) is 6.66. The molecule has 0 aromatic heterocycles. The number of aliphatic hydroxyl groups is 1. The zero-order valence-electron chi connectivity index (χ0n) is 20.1. The van der Waals surface area contributed by atoms with Crippen LogP contribution in [0.4, 0.5) is 18.9 Å². The molecule has 36 heavy (non-hydrogen) atoms. The summed E-state index contributed by atoms with van der Waals surface area (Å²) >= 11 is 0. The van der Waals surface area contributed by atoms with Crippen LogP contribution in [-0.2, 0) is 16.4 Å². The number of alkyl halides is 3. The van der Waals surface area contributed by atoms with Crippen LogP contribution < -0.4 is 4.90 Å². The summed E-state index contributed by atoms with van der Waals surface area (Å²) in [5, 5.41) is 19.6. The Balaban J connectivity index is 1.40. The topological polar surface area (TPSA) is 67.6 Å². The highest BCUT2D eigenvalue weighted by atomic mass is 19.4. The minimum Gasteiger partial charge on any atom is -0.396 e. The van der Waals surface area contributed by atoms with E-state index in [4.69, 9.17) is 5.26 Å². The van der Waals surface area contributed by atoms with Gasteiger partial charge in [0.05, 0.1) is 29.2 Å². The van der Waals surface area contributed by atoms with Crippen LogP contribution in [-0.4, -0.2) is 48.7 Å². The van der Waals surface area contributed by atoms with Crippen molar-refractivity contribution >= 4 is 11.6 Å². The van der Waals surface area contributed by atoms with Crippen LogP contribution in [0.15, 0.2) is 48.5 Å². The summed E-state index contributed by atoms with van der Waals surface area (Å²) in [5.41, 5.74) is -0.875. The van der Waals surface area contributed by atoms with Crippen molar-refractivity contribution in [3.8, 4) is 6.07 Å². The Morgan fingerprint density at radius 1 is 1.08 bits per heavy atom. The monoisotopic (exact) mass is 497 g/mol. The number of hydrogen-bond donors (Lipinski definition) is 1. The van der Waals surface area contributed by atoms with E-state index in [0.717, 1.165) is 37.3 Å². The molecule has 3 fully saturated rings. The Morgan fingerprint density at radius 2 is 1.81 bits per heavy atom. The maximum absolute atomic E-state index is 14.0. The van der Waals surface area contributed by atoms with Crippen LogP contribution in [0.2, 0.25) is 0 Å². The number of amides is 1. The Hall–Kier alpha value is -3.05. The molecule has 2 aromatic carbocycles. The van der Waals surface area contributed by atoms with E-state index in [1.165, 1.54) is 6.07 Å². The smallest absolute Gasteiger partial charge is 0.396 e. The van der Waals surface area contributed by atoms with Gasteiger partial charge in [-0.3, -0.25) is 4.79 Å². The Morgan fingerprint density at radius 3 is 2.44 bits per heavy atom. The van der Waals surface area contributed by atoms with Gasteiger partial charge < -0.3 is 14.9 Å². The predicted molar refractivity (Wildman–Crippen MR) is 129 cm³/mol. The molecular weight excluding hydrogens is 467 g/mol. The fraction of sp³-hybridized carbons (Fsp3) is 0.500. The molecule has 0 unspecified atom stereocenters. The number of aliphatic hydroxyl groups excluding tert-OH is 1. The second kappa shape index (κ2) is 9.11. The lowest BCUT2D eigenvalue weighted by atomic mass is 9.73. The highest BCUT2D eigenvalue weighted by molar-refractivity contribution is 5.89. The summed E-state index contributed by atoms with van der Waals surface area (Å²) in [4.78, 5) is 17.8. The van der Waals surface area contributed by atoms with Gasteiger partial charge in [0, 0.05) is 43.2 Å². The SMILES string of the molecule is N#Cc1ccc(N2CC[C@@]3(CO)CN(C(=O)C4(c5ccccc5)CCCC4)C[C@H]3C2)cc1C(F)(F)F. The van der Waals surface area contributed by atoms with Gasteiger partial charge in [0.1, 0.15) is 0 Å². The Bertz CT molecular complexity index is 1170. The molecule has 5 nitrogen and oxygen atoms in total. The average Bonchev–Trinajstić information content (AvgIpc) is 3.54. The average molecular weight is 498 g/mol. The third kappa shape index (κ3) is 4.03. The van der Waals surface area contributed by atoms with Crippen molar-refractivity contribution in [1.82, 2.24) is 4.90 Å². The van der Waals surface area contributed by atoms with Gasteiger partial charge in [-0.15, -0.1) is 0 Å². The first-order chi connectivity index (χ1) is 17.2. The normalized spacial score (nSPS) is 25.5. The molecule has 1 amide bonds. The van der Waals surface area contributed by atoms with Crippen molar-refractivity contribution in [2.75, 3.05) is 37.7 Å². The van der Waals surface area contributed by atoms with Crippen LogP contribution in [0.3, 0.4) is 0 Å². The number of carbonyl (C=O) groups is 1. The Kier molecular flexibility index (Phi) is 6.24. The number of benzene rings is 2. The number of hydrogen-bond acceptors (Lipinski definition) is 4. The van der Waals surface area contributed by atoms with Gasteiger partial charge >= 0.3 is 6.18 Å². The third-order valence-corrected chi connectivity index (χ3v) is 8.72. The van der Waals surface area contributed by atoms with Crippen LogP contribution in [0.5, 0.6) is 0 Å². The van der Waals surface area contributed by atoms with Crippen molar-refractivity contribution in [2.24, 2.45) is 11.3 Å². The number of halogens is 3. The number of rotatable bonds is 4. The standard InChI is InChI=1S/C28H30F3N3O2/c29-28(30,31)24-14-23(9-8-20(24)15-32)33-13-12-26(19-35)18-34(17-22(26)16-33)25(36)27(10-4-5-11-27)21-6-2-1-3-7-21/h1-3,6-9,14,22,35H,4-5,10-13,16-19H2/t22-,26+/m1/s1. The molecule has 1 aliphatic carbocycles. The number of carbonyl (C=O) groups excluding carboxylic acids is 1. The fourth-order valence-electron chi connectivity index (χ4n) is 6.66. The van der Waals surface area contributed by atoms with Gasteiger partial charge in [0.15, 0.2) is 0 Å². The molecule has 1 N–H and O–H groups in total. The van der Waals surface area contributed by atoms with Crippen molar-refractivity contribution in [3.05, 3.63) is 65.2 Å². The highest BCUT2D eigenvalue weighted by Gasteiger charge is 2.54. The van der Waals surface area contributed by atoms with Gasteiger partial charge in [0.25, 0.3) is 0 Å².